The number of ether oxygens (including phenoxy) is 2. The summed E-state index contributed by atoms with van der Waals surface area (Å²) in [6.45, 7) is -0.495. The van der Waals surface area contributed by atoms with Crippen molar-refractivity contribution in [2.45, 2.75) is 24.6 Å². The lowest BCUT2D eigenvalue weighted by molar-refractivity contribution is -0.0459. The van der Waals surface area contributed by atoms with Crippen LogP contribution >= 0.6 is 0 Å². The zero-order valence-corrected chi connectivity index (χ0v) is 11.0. The van der Waals surface area contributed by atoms with E-state index in [1.807, 2.05) is 0 Å². The SMILES string of the molecule is COc1nc(N)c2ncn([C@@H]3O[C@H](CO)[C@H](O)[C@@H]3F)c2n1. The van der Waals surface area contributed by atoms with Crippen LogP contribution in [-0.2, 0) is 4.74 Å². The lowest BCUT2D eigenvalue weighted by atomic mass is 10.1. The Balaban J connectivity index is 2.07. The number of halogens is 1. The maximum atomic E-state index is 14.2. The zero-order chi connectivity index (χ0) is 15.1. The molecule has 21 heavy (non-hydrogen) atoms. The van der Waals surface area contributed by atoms with Crippen molar-refractivity contribution in [2.75, 3.05) is 19.5 Å². The van der Waals surface area contributed by atoms with Crippen LogP contribution in [0.25, 0.3) is 11.2 Å². The Morgan fingerprint density at radius 1 is 1.52 bits per heavy atom. The van der Waals surface area contributed by atoms with E-state index in [-0.39, 0.29) is 23.0 Å². The van der Waals surface area contributed by atoms with E-state index in [9.17, 15) is 9.50 Å². The summed E-state index contributed by atoms with van der Waals surface area (Å²) in [4.78, 5) is 12.0. The number of anilines is 1. The van der Waals surface area contributed by atoms with Crippen LogP contribution in [-0.4, -0.2) is 61.8 Å². The van der Waals surface area contributed by atoms with Crippen LogP contribution in [0.1, 0.15) is 6.23 Å². The first-order chi connectivity index (χ1) is 10.1. The minimum absolute atomic E-state index is 0.00871. The van der Waals surface area contributed by atoms with Gasteiger partial charge < -0.3 is 25.4 Å². The van der Waals surface area contributed by atoms with E-state index in [0.29, 0.717) is 0 Å². The minimum Gasteiger partial charge on any atom is -0.467 e. The molecule has 0 saturated carbocycles. The van der Waals surface area contributed by atoms with Crippen LogP contribution in [0.15, 0.2) is 6.33 Å². The number of aromatic nitrogens is 4. The number of nitrogen functional groups attached to an aromatic ring is 1. The molecule has 4 N–H and O–H groups in total. The number of fused-ring (bicyclic) bond motifs is 1. The molecule has 1 aliphatic rings. The fourth-order valence-corrected chi connectivity index (χ4v) is 2.27. The van der Waals surface area contributed by atoms with Crippen molar-refractivity contribution >= 4 is 17.0 Å². The lowest BCUT2D eigenvalue weighted by Gasteiger charge is -2.15. The smallest absolute Gasteiger partial charge is 0.320 e. The van der Waals surface area contributed by atoms with Gasteiger partial charge in [-0.25, -0.2) is 9.37 Å². The van der Waals surface area contributed by atoms with E-state index >= 15 is 0 Å². The average Bonchev–Trinajstić information content (AvgIpc) is 3.02. The summed E-state index contributed by atoms with van der Waals surface area (Å²) in [5, 5.41) is 18.7. The highest BCUT2D eigenvalue weighted by Gasteiger charge is 2.45. The van der Waals surface area contributed by atoms with Gasteiger partial charge in [0.25, 0.3) is 0 Å². The minimum atomic E-state index is -1.73. The summed E-state index contributed by atoms with van der Waals surface area (Å²) in [7, 11) is 1.37. The van der Waals surface area contributed by atoms with Gasteiger partial charge in [0.05, 0.1) is 20.0 Å². The van der Waals surface area contributed by atoms with Crippen LogP contribution in [0.2, 0.25) is 0 Å². The molecule has 4 atom stereocenters. The highest BCUT2D eigenvalue weighted by Crippen LogP contribution is 2.34. The molecule has 0 aliphatic carbocycles. The molecular formula is C11H14FN5O4. The monoisotopic (exact) mass is 299 g/mol. The summed E-state index contributed by atoms with van der Waals surface area (Å²) in [5.74, 6) is 0.0864. The molecule has 10 heteroatoms. The number of nitrogens with two attached hydrogens (primary N) is 1. The van der Waals surface area contributed by atoms with Gasteiger partial charge in [0.15, 0.2) is 29.4 Å². The van der Waals surface area contributed by atoms with Gasteiger partial charge in [0.1, 0.15) is 12.2 Å². The largest absolute Gasteiger partial charge is 0.467 e. The van der Waals surface area contributed by atoms with E-state index in [1.54, 1.807) is 0 Å². The second-order valence-electron chi connectivity index (χ2n) is 4.60. The van der Waals surface area contributed by atoms with Crippen molar-refractivity contribution in [3.63, 3.8) is 0 Å². The molecule has 1 fully saturated rings. The Bertz CT molecular complexity index is 665. The molecule has 0 unspecified atom stereocenters. The summed E-state index contributed by atoms with van der Waals surface area (Å²) >= 11 is 0. The molecule has 0 radical (unpaired) electrons. The summed E-state index contributed by atoms with van der Waals surface area (Å²) in [6, 6.07) is 0.00871. The Hall–Kier alpha value is -2.04. The molecule has 114 valence electrons. The molecule has 1 aliphatic heterocycles. The fourth-order valence-electron chi connectivity index (χ4n) is 2.27. The Kier molecular flexibility index (Phi) is 3.35. The van der Waals surface area contributed by atoms with Crippen molar-refractivity contribution < 1.29 is 24.1 Å². The van der Waals surface area contributed by atoms with Gasteiger partial charge in [-0.15, -0.1) is 0 Å². The van der Waals surface area contributed by atoms with E-state index in [0.717, 1.165) is 0 Å². The van der Waals surface area contributed by atoms with Crippen LogP contribution in [0.3, 0.4) is 0 Å². The third-order valence-electron chi connectivity index (χ3n) is 3.36. The topological polar surface area (TPSA) is 129 Å². The van der Waals surface area contributed by atoms with E-state index in [2.05, 4.69) is 15.0 Å². The number of nitrogens with zero attached hydrogens (tertiary/aromatic N) is 4. The molecule has 3 heterocycles. The van der Waals surface area contributed by atoms with Crippen molar-refractivity contribution in [2.24, 2.45) is 0 Å². The first-order valence-electron chi connectivity index (χ1n) is 6.19. The van der Waals surface area contributed by atoms with Crippen LogP contribution in [0, 0.1) is 0 Å². The van der Waals surface area contributed by atoms with Crippen molar-refractivity contribution in [1.82, 2.24) is 19.5 Å². The fraction of sp³-hybridized carbons (Fsp3) is 0.545. The van der Waals surface area contributed by atoms with Gasteiger partial charge in [-0.1, -0.05) is 0 Å². The first-order valence-corrected chi connectivity index (χ1v) is 6.19. The Morgan fingerprint density at radius 2 is 2.29 bits per heavy atom. The quantitative estimate of drug-likeness (QED) is 0.658. The number of imidazole rings is 1. The number of rotatable bonds is 3. The second-order valence-corrected chi connectivity index (χ2v) is 4.60. The van der Waals surface area contributed by atoms with E-state index in [1.165, 1.54) is 18.0 Å². The van der Waals surface area contributed by atoms with Gasteiger partial charge in [0.2, 0.25) is 0 Å². The predicted molar refractivity (Wildman–Crippen MR) is 68.2 cm³/mol. The molecule has 0 amide bonds. The Labute approximate surface area is 118 Å². The summed E-state index contributed by atoms with van der Waals surface area (Å²) in [5.41, 5.74) is 6.22. The van der Waals surface area contributed by atoms with Gasteiger partial charge in [-0.05, 0) is 0 Å². The third-order valence-corrected chi connectivity index (χ3v) is 3.36. The van der Waals surface area contributed by atoms with Crippen LogP contribution in [0.4, 0.5) is 10.2 Å². The predicted octanol–water partition coefficient (Wildman–Crippen LogP) is -0.994. The van der Waals surface area contributed by atoms with Gasteiger partial charge in [-0.3, -0.25) is 4.57 Å². The number of hydrogen-bond acceptors (Lipinski definition) is 8. The Morgan fingerprint density at radius 3 is 2.90 bits per heavy atom. The normalized spacial score (nSPS) is 29.1. The maximum Gasteiger partial charge on any atom is 0.320 e. The number of hydrogen-bond donors (Lipinski definition) is 3. The van der Waals surface area contributed by atoms with Gasteiger partial charge in [0, 0.05) is 0 Å². The molecule has 9 nitrogen and oxygen atoms in total. The standard InChI is InChI=1S/C11H14FN5O4/c1-20-11-15-8(13)6-9(16-11)17(3-14-6)10-5(12)7(19)4(2-18)21-10/h3-5,7,10,18-19H,2H2,1H3,(H2,13,15,16)/t4-,5+,7+,10-/m1/s1. The van der Waals surface area contributed by atoms with Gasteiger partial charge >= 0.3 is 6.01 Å². The molecule has 2 aromatic rings. The van der Waals surface area contributed by atoms with Crippen molar-refractivity contribution in [3.05, 3.63) is 6.33 Å². The maximum absolute atomic E-state index is 14.2. The molecule has 0 spiro atoms. The number of aliphatic hydroxyl groups is 2. The van der Waals surface area contributed by atoms with Crippen LogP contribution < -0.4 is 10.5 Å². The molecule has 0 aromatic carbocycles. The second kappa shape index (κ2) is 5.06. The zero-order valence-electron chi connectivity index (χ0n) is 11.0. The molecule has 0 bridgehead atoms. The van der Waals surface area contributed by atoms with Gasteiger partial charge in [-0.2, -0.15) is 9.97 Å². The molecule has 3 rings (SSSR count). The number of aliphatic hydroxyl groups excluding tert-OH is 2. The lowest BCUT2D eigenvalue weighted by Crippen LogP contribution is -2.30. The first kappa shape index (κ1) is 13.9. The average molecular weight is 299 g/mol. The highest BCUT2D eigenvalue weighted by molar-refractivity contribution is 5.82. The highest BCUT2D eigenvalue weighted by atomic mass is 19.1. The molecular weight excluding hydrogens is 285 g/mol. The van der Waals surface area contributed by atoms with Crippen LogP contribution in [0.5, 0.6) is 6.01 Å². The van der Waals surface area contributed by atoms with Crippen molar-refractivity contribution in [3.8, 4) is 6.01 Å². The third kappa shape index (κ3) is 2.07. The summed E-state index contributed by atoms with van der Waals surface area (Å²) < 4.78 is 25.7. The molecule has 2 aromatic heterocycles. The van der Waals surface area contributed by atoms with E-state index < -0.39 is 31.2 Å². The number of alkyl halides is 1. The summed E-state index contributed by atoms with van der Waals surface area (Å²) in [6.07, 6.45) is -4.05. The van der Waals surface area contributed by atoms with Crippen molar-refractivity contribution in [1.29, 1.82) is 0 Å². The number of methoxy groups -OCH3 is 1. The molecule has 1 saturated heterocycles. The van der Waals surface area contributed by atoms with E-state index in [4.69, 9.17) is 20.3 Å².